The Labute approximate surface area is 267 Å². The Morgan fingerprint density at radius 1 is 0.818 bits per heavy atom. The molecule has 0 N–H and O–H groups in total. The van der Waals surface area contributed by atoms with E-state index in [0.717, 1.165) is 77.0 Å². The lowest BCUT2D eigenvalue weighted by molar-refractivity contribution is -0.210. The largest absolute Gasteiger partial charge is 0.462 e. The van der Waals surface area contributed by atoms with Crippen LogP contribution in [0.4, 0.5) is 0 Å². The highest BCUT2D eigenvalue weighted by atomic mass is 16.5. The lowest BCUT2D eigenvalue weighted by Crippen LogP contribution is -2.66. The number of ether oxygens (including phenoxy) is 2. The van der Waals surface area contributed by atoms with Gasteiger partial charge in [-0.1, -0.05) is 60.5 Å². The van der Waals surface area contributed by atoms with Crippen LogP contribution in [0.1, 0.15) is 146 Å². The van der Waals surface area contributed by atoms with E-state index in [1.807, 2.05) is 0 Å². The van der Waals surface area contributed by atoms with Gasteiger partial charge in [0.25, 0.3) is 0 Å². The number of allylic oxidation sites excluding steroid dienone is 2. The van der Waals surface area contributed by atoms with E-state index in [-0.39, 0.29) is 63.1 Å². The van der Waals surface area contributed by atoms with Crippen molar-refractivity contribution in [2.75, 3.05) is 0 Å². The number of esters is 2. The number of hydrogen-bond acceptors (Lipinski definition) is 5. The van der Waals surface area contributed by atoms with Crippen molar-refractivity contribution < 1.29 is 23.9 Å². The lowest BCUT2D eigenvalue weighted by atomic mass is 9.33. The van der Waals surface area contributed by atoms with Crippen LogP contribution in [0, 0.1) is 56.2 Å². The average molecular weight is 609 g/mol. The van der Waals surface area contributed by atoms with Crippen molar-refractivity contribution in [2.45, 2.75) is 158 Å². The first kappa shape index (κ1) is 32.3. The molecule has 5 fully saturated rings. The van der Waals surface area contributed by atoms with E-state index < -0.39 is 5.41 Å². The van der Waals surface area contributed by atoms with Gasteiger partial charge in [-0.15, -0.1) is 0 Å². The lowest BCUT2D eigenvalue weighted by Gasteiger charge is -2.70. The third-order valence-corrected chi connectivity index (χ3v) is 15.6. The third kappa shape index (κ3) is 4.54. The highest BCUT2D eigenvalue weighted by Gasteiger charge is 2.70. The summed E-state index contributed by atoms with van der Waals surface area (Å²) in [6.07, 6.45) is 15.3. The monoisotopic (exact) mass is 608 g/mol. The zero-order valence-corrected chi connectivity index (χ0v) is 29.3. The second kappa shape index (κ2) is 10.4. The summed E-state index contributed by atoms with van der Waals surface area (Å²) in [7, 11) is 0. The number of hydrogen-bond donors (Lipinski definition) is 0. The van der Waals surface area contributed by atoms with Gasteiger partial charge in [0.15, 0.2) is 5.78 Å². The van der Waals surface area contributed by atoms with E-state index >= 15 is 0 Å². The average Bonchev–Trinajstić information content (AvgIpc) is 2.93. The van der Waals surface area contributed by atoms with Crippen molar-refractivity contribution in [3.05, 3.63) is 11.6 Å². The van der Waals surface area contributed by atoms with Gasteiger partial charge < -0.3 is 9.47 Å². The molecule has 6 aliphatic carbocycles. The van der Waals surface area contributed by atoms with Crippen LogP contribution in [0.5, 0.6) is 0 Å². The Hall–Kier alpha value is -1.65. The molecule has 0 aromatic carbocycles. The second-order valence-electron chi connectivity index (χ2n) is 18.4. The molecule has 5 saturated carbocycles. The van der Waals surface area contributed by atoms with Gasteiger partial charge in [0, 0.05) is 18.3 Å². The van der Waals surface area contributed by atoms with Crippen LogP contribution in [0.15, 0.2) is 11.6 Å². The fourth-order valence-electron chi connectivity index (χ4n) is 12.5. The zero-order valence-electron chi connectivity index (χ0n) is 29.3. The minimum Gasteiger partial charge on any atom is -0.462 e. The molecule has 0 aromatic heterocycles. The predicted molar refractivity (Wildman–Crippen MR) is 172 cm³/mol. The first-order valence-corrected chi connectivity index (χ1v) is 18.1. The van der Waals surface area contributed by atoms with Crippen molar-refractivity contribution >= 4 is 17.7 Å². The fraction of sp³-hybridized carbons (Fsp3) is 0.872. The number of rotatable bonds is 3. The van der Waals surface area contributed by atoms with E-state index in [9.17, 15) is 14.4 Å². The maximum absolute atomic E-state index is 14.7. The van der Waals surface area contributed by atoms with Crippen LogP contribution in [-0.2, 0) is 23.9 Å². The van der Waals surface area contributed by atoms with Crippen molar-refractivity contribution in [3.8, 4) is 0 Å². The van der Waals surface area contributed by atoms with Crippen LogP contribution >= 0.6 is 0 Å². The van der Waals surface area contributed by atoms with Crippen LogP contribution < -0.4 is 0 Å². The van der Waals surface area contributed by atoms with Crippen LogP contribution in [0.3, 0.4) is 0 Å². The summed E-state index contributed by atoms with van der Waals surface area (Å²) >= 11 is 0. The predicted octanol–water partition coefficient (Wildman–Crippen LogP) is 9.02. The van der Waals surface area contributed by atoms with Crippen molar-refractivity contribution in [3.63, 3.8) is 0 Å². The Bertz CT molecular complexity index is 1250. The van der Waals surface area contributed by atoms with Crippen molar-refractivity contribution in [2.24, 2.45) is 56.2 Å². The first-order chi connectivity index (χ1) is 20.4. The zero-order chi connectivity index (χ0) is 32.1. The number of ketones is 1. The first-order valence-electron chi connectivity index (χ1n) is 18.1. The molecule has 0 radical (unpaired) electrons. The molecule has 11 atom stereocenters. The molecule has 5 nitrogen and oxygen atoms in total. The van der Waals surface area contributed by atoms with E-state index in [4.69, 9.17) is 9.47 Å². The summed E-state index contributed by atoms with van der Waals surface area (Å²) < 4.78 is 12.2. The molecule has 0 bridgehead atoms. The van der Waals surface area contributed by atoms with E-state index in [1.54, 1.807) is 0 Å². The summed E-state index contributed by atoms with van der Waals surface area (Å²) in [6, 6.07) is 0. The fourth-order valence-corrected chi connectivity index (χ4v) is 12.5. The molecule has 0 amide bonds. The highest BCUT2D eigenvalue weighted by Crippen LogP contribution is 2.75. The molecule has 0 heterocycles. The van der Waals surface area contributed by atoms with Gasteiger partial charge in [-0.05, 0) is 129 Å². The van der Waals surface area contributed by atoms with E-state index in [0.29, 0.717) is 17.6 Å². The maximum Gasteiger partial charge on any atom is 0.312 e. The SMILES string of the molecule is CC(=O)OC1CCC2(C)C(CCC3(C)C2C(=O)C=C2C4CC(C)(C(=O)OC5CCCCC5C)CCC4(C)CCC23C)C1(C)C. The number of fused-ring (bicyclic) bond motifs is 7. The van der Waals surface area contributed by atoms with E-state index in [2.05, 4.69) is 61.5 Å². The summed E-state index contributed by atoms with van der Waals surface area (Å²) in [5.41, 5.74) is 0.393. The third-order valence-electron chi connectivity index (χ3n) is 15.6. The minimum absolute atomic E-state index is 0.00260. The molecule has 0 spiro atoms. The van der Waals surface area contributed by atoms with Gasteiger partial charge in [0.05, 0.1) is 5.41 Å². The van der Waals surface area contributed by atoms with E-state index in [1.165, 1.54) is 18.9 Å². The molecular formula is C39H60O5. The molecule has 44 heavy (non-hydrogen) atoms. The van der Waals surface area contributed by atoms with Gasteiger partial charge in [-0.25, -0.2) is 0 Å². The van der Waals surface area contributed by atoms with Gasteiger partial charge in [-0.3, -0.25) is 14.4 Å². The Kier molecular flexibility index (Phi) is 7.65. The summed E-state index contributed by atoms with van der Waals surface area (Å²) in [5, 5.41) is 0. The Balaban J connectivity index is 1.33. The molecule has 11 unspecified atom stereocenters. The Morgan fingerprint density at radius 3 is 2.18 bits per heavy atom. The van der Waals surface area contributed by atoms with Crippen LogP contribution in [0.2, 0.25) is 0 Å². The van der Waals surface area contributed by atoms with Crippen LogP contribution in [0.25, 0.3) is 0 Å². The topological polar surface area (TPSA) is 69.7 Å². The molecule has 0 aliphatic heterocycles. The molecule has 6 aliphatic rings. The molecule has 0 saturated heterocycles. The summed E-state index contributed by atoms with van der Waals surface area (Å²) in [5.74, 6) is 1.03. The summed E-state index contributed by atoms with van der Waals surface area (Å²) in [4.78, 5) is 40.6. The van der Waals surface area contributed by atoms with Gasteiger partial charge >= 0.3 is 11.9 Å². The quantitative estimate of drug-likeness (QED) is 0.299. The molecular weight excluding hydrogens is 548 g/mol. The molecule has 246 valence electrons. The highest BCUT2D eigenvalue weighted by molar-refractivity contribution is 5.95. The van der Waals surface area contributed by atoms with Crippen molar-refractivity contribution in [1.82, 2.24) is 0 Å². The molecule has 0 aromatic rings. The van der Waals surface area contributed by atoms with Crippen LogP contribution in [-0.4, -0.2) is 29.9 Å². The van der Waals surface area contributed by atoms with Gasteiger partial charge in [0.2, 0.25) is 0 Å². The Morgan fingerprint density at radius 2 is 1.50 bits per heavy atom. The maximum atomic E-state index is 14.7. The number of carbonyl (C=O) groups is 3. The minimum atomic E-state index is -0.510. The van der Waals surface area contributed by atoms with Gasteiger partial charge in [-0.2, -0.15) is 0 Å². The smallest absolute Gasteiger partial charge is 0.312 e. The second-order valence-corrected chi connectivity index (χ2v) is 18.4. The van der Waals surface area contributed by atoms with Crippen molar-refractivity contribution in [1.29, 1.82) is 0 Å². The van der Waals surface area contributed by atoms with Gasteiger partial charge in [0.1, 0.15) is 12.2 Å². The molecule has 6 rings (SSSR count). The normalized spacial score (nSPS) is 49.8. The summed E-state index contributed by atoms with van der Waals surface area (Å²) in [6.45, 7) is 20.2. The number of carbonyl (C=O) groups excluding carboxylic acids is 3. The standard InChI is InChI=1S/C39H60O5/c1-24-12-10-11-13-29(24)44-33(42)36(6)19-18-35(5)20-21-38(8)26(27(35)23-36)22-28(41)32-37(7)16-15-31(43-25(2)40)34(3,4)30(37)14-17-39(32,38)9/h22,24,27,29-32H,10-21,23H2,1-9H3. The molecule has 5 heteroatoms.